The fourth-order valence-electron chi connectivity index (χ4n) is 1.60. The molecule has 1 unspecified atom stereocenters. The van der Waals surface area contributed by atoms with Crippen molar-refractivity contribution in [1.82, 2.24) is 0 Å². The maximum absolute atomic E-state index is 5.66. The average molecular weight is 376 g/mol. The smallest absolute Gasteiger partial charge is 0.123 e. The number of hydrogen-bond donors (Lipinski definition) is 0. The molecule has 0 spiro atoms. The van der Waals surface area contributed by atoms with E-state index < -0.39 is 0 Å². The lowest BCUT2D eigenvalue weighted by molar-refractivity contribution is 0.337. The maximum Gasteiger partial charge on any atom is 0.123 e. The molecule has 0 aliphatic heterocycles. The van der Waals surface area contributed by atoms with Crippen LogP contribution in [0.25, 0.3) is 0 Å². The first kappa shape index (κ1) is 13.1. The van der Waals surface area contributed by atoms with Crippen LogP contribution in [0.2, 0.25) is 0 Å². The van der Waals surface area contributed by atoms with E-state index in [0.29, 0.717) is 6.61 Å². The van der Waals surface area contributed by atoms with E-state index in [4.69, 9.17) is 4.74 Å². The first-order valence-electron chi connectivity index (χ1n) is 5.32. The number of hydrogen-bond acceptors (Lipinski definition) is 2. The molecular weight excluding hydrogens is 364 g/mol. The third-order valence-corrected chi connectivity index (χ3v) is 5.56. The zero-order valence-corrected chi connectivity index (χ0v) is 13.3. The predicted molar refractivity (Wildman–Crippen MR) is 80.4 cm³/mol. The maximum atomic E-state index is 5.66. The molecule has 0 radical (unpaired) electrons. The van der Waals surface area contributed by atoms with Crippen molar-refractivity contribution in [3.63, 3.8) is 0 Å². The summed E-state index contributed by atoms with van der Waals surface area (Å²) in [5, 5.41) is 2.08. The van der Waals surface area contributed by atoms with Crippen molar-refractivity contribution in [2.24, 2.45) is 0 Å². The fourth-order valence-corrected chi connectivity index (χ4v) is 4.45. The highest BCUT2D eigenvalue weighted by atomic mass is 79.9. The quantitative estimate of drug-likeness (QED) is 0.650. The predicted octanol–water partition coefficient (Wildman–Crippen LogP) is 5.39. The molecule has 0 saturated heterocycles. The van der Waals surface area contributed by atoms with Crippen LogP contribution in [0.15, 0.2) is 40.2 Å². The van der Waals surface area contributed by atoms with Gasteiger partial charge in [0.05, 0.1) is 11.4 Å². The van der Waals surface area contributed by atoms with E-state index in [0.717, 1.165) is 15.8 Å². The van der Waals surface area contributed by atoms with Crippen LogP contribution in [0.1, 0.15) is 22.2 Å². The van der Waals surface area contributed by atoms with Gasteiger partial charge < -0.3 is 4.74 Å². The largest absolute Gasteiger partial charge is 0.494 e. The molecule has 1 nitrogen and oxygen atoms in total. The molecule has 0 aliphatic rings. The highest BCUT2D eigenvalue weighted by Crippen LogP contribution is 2.42. The summed E-state index contributed by atoms with van der Waals surface area (Å²) in [6, 6.07) is 10.2. The lowest BCUT2D eigenvalue weighted by Gasteiger charge is -2.14. The summed E-state index contributed by atoms with van der Waals surface area (Å²) >= 11 is 9.04. The van der Waals surface area contributed by atoms with Crippen molar-refractivity contribution < 1.29 is 4.74 Å². The summed E-state index contributed by atoms with van der Waals surface area (Å²) in [4.78, 5) is 1.43. The molecule has 0 amide bonds. The molecule has 2 aromatic rings. The second-order valence-electron chi connectivity index (χ2n) is 3.47. The molecule has 17 heavy (non-hydrogen) atoms. The Morgan fingerprint density at radius 2 is 2.06 bits per heavy atom. The summed E-state index contributed by atoms with van der Waals surface area (Å²) in [7, 11) is 0. The van der Waals surface area contributed by atoms with E-state index in [9.17, 15) is 0 Å². The van der Waals surface area contributed by atoms with Gasteiger partial charge >= 0.3 is 0 Å². The van der Waals surface area contributed by atoms with Crippen molar-refractivity contribution in [3.05, 3.63) is 50.6 Å². The summed E-state index contributed by atoms with van der Waals surface area (Å²) in [6.45, 7) is 2.68. The Morgan fingerprint density at radius 1 is 1.29 bits per heavy atom. The fraction of sp³-hybridized carbons (Fsp3) is 0.231. The topological polar surface area (TPSA) is 9.23 Å². The van der Waals surface area contributed by atoms with E-state index in [1.54, 1.807) is 11.3 Å². The van der Waals surface area contributed by atoms with Gasteiger partial charge in [-0.05, 0) is 40.4 Å². The normalized spacial score (nSPS) is 12.4. The number of rotatable bonds is 4. The van der Waals surface area contributed by atoms with Gasteiger partial charge in [0.15, 0.2) is 0 Å². The van der Waals surface area contributed by atoms with Crippen molar-refractivity contribution in [3.8, 4) is 5.75 Å². The minimum atomic E-state index is 0.166. The molecule has 90 valence electrons. The number of thiophene rings is 1. The molecule has 0 N–H and O–H groups in total. The molecule has 4 heteroatoms. The van der Waals surface area contributed by atoms with Gasteiger partial charge in [-0.15, -0.1) is 11.3 Å². The monoisotopic (exact) mass is 374 g/mol. The molecule has 1 heterocycles. The van der Waals surface area contributed by atoms with E-state index in [-0.39, 0.29) is 4.83 Å². The first-order valence-corrected chi connectivity index (χ1v) is 7.91. The molecule has 1 aromatic heterocycles. The van der Waals surface area contributed by atoms with Crippen LogP contribution in [0, 0.1) is 0 Å². The molecule has 0 bridgehead atoms. The second kappa shape index (κ2) is 6.03. The number of para-hydroxylation sites is 1. The Hall–Kier alpha value is -0.320. The lowest BCUT2D eigenvalue weighted by atomic mass is 10.1. The van der Waals surface area contributed by atoms with Crippen LogP contribution < -0.4 is 4.74 Å². The molecule has 1 atom stereocenters. The van der Waals surface area contributed by atoms with Gasteiger partial charge in [0.1, 0.15) is 5.75 Å². The van der Waals surface area contributed by atoms with E-state index >= 15 is 0 Å². The van der Waals surface area contributed by atoms with Gasteiger partial charge in [0.25, 0.3) is 0 Å². The lowest BCUT2D eigenvalue weighted by Crippen LogP contribution is -1.98. The summed E-state index contributed by atoms with van der Waals surface area (Å²) in [6.07, 6.45) is 0. The van der Waals surface area contributed by atoms with Gasteiger partial charge in [-0.2, -0.15) is 0 Å². The van der Waals surface area contributed by atoms with Crippen LogP contribution in [0.3, 0.4) is 0 Å². The molecular formula is C13H12Br2OS. The molecule has 1 aromatic carbocycles. The van der Waals surface area contributed by atoms with Crippen molar-refractivity contribution >= 4 is 43.2 Å². The molecule has 0 saturated carbocycles. The van der Waals surface area contributed by atoms with Gasteiger partial charge in [-0.1, -0.05) is 34.1 Å². The van der Waals surface area contributed by atoms with Gasteiger partial charge in [-0.3, -0.25) is 0 Å². The Balaban J connectivity index is 2.37. The van der Waals surface area contributed by atoms with E-state index in [2.05, 4.69) is 49.4 Å². The Labute approximate surface area is 122 Å². The summed E-state index contributed by atoms with van der Waals surface area (Å²) in [5.74, 6) is 0.942. The highest BCUT2D eigenvalue weighted by molar-refractivity contribution is 9.11. The first-order chi connectivity index (χ1) is 8.24. The zero-order chi connectivity index (χ0) is 12.3. The Bertz CT molecular complexity index is 496. The third-order valence-electron chi connectivity index (χ3n) is 2.37. The minimum absolute atomic E-state index is 0.166. The van der Waals surface area contributed by atoms with E-state index in [1.807, 2.05) is 25.1 Å². The van der Waals surface area contributed by atoms with Crippen LogP contribution in [-0.2, 0) is 0 Å². The minimum Gasteiger partial charge on any atom is -0.494 e. The summed E-state index contributed by atoms with van der Waals surface area (Å²) in [5.41, 5.74) is 1.16. The third kappa shape index (κ3) is 2.92. The Morgan fingerprint density at radius 3 is 2.71 bits per heavy atom. The van der Waals surface area contributed by atoms with Crippen molar-refractivity contribution in [1.29, 1.82) is 0 Å². The standard InChI is InChI=1S/C13H12Br2OS/c1-2-16-11-6-4-3-5-9(11)12(15)13-10(14)7-8-17-13/h3-8,12H,2H2,1H3. The number of ether oxygens (including phenoxy) is 1. The van der Waals surface area contributed by atoms with Crippen LogP contribution in [0.5, 0.6) is 5.75 Å². The number of benzene rings is 1. The van der Waals surface area contributed by atoms with Gasteiger partial charge in [-0.25, -0.2) is 0 Å². The Kier molecular flexibility index (Phi) is 4.65. The van der Waals surface area contributed by atoms with Gasteiger partial charge in [0, 0.05) is 14.9 Å². The highest BCUT2D eigenvalue weighted by Gasteiger charge is 2.18. The summed E-state index contributed by atoms with van der Waals surface area (Å²) < 4.78 is 6.79. The zero-order valence-electron chi connectivity index (χ0n) is 9.32. The molecule has 0 aliphatic carbocycles. The number of halogens is 2. The molecule has 0 fully saturated rings. The SMILES string of the molecule is CCOc1ccccc1C(Br)c1sccc1Br. The molecule has 2 rings (SSSR count). The van der Waals surface area contributed by atoms with Crippen LogP contribution >= 0.6 is 43.2 Å². The van der Waals surface area contributed by atoms with E-state index in [1.165, 1.54) is 4.88 Å². The van der Waals surface area contributed by atoms with Crippen molar-refractivity contribution in [2.45, 2.75) is 11.8 Å². The van der Waals surface area contributed by atoms with Crippen LogP contribution in [0.4, 0.5) is 0 Å². The average Bonchev–Trinajstić information content (AvgIpc) is 2.76. The van der Waals surface area contributed by atoms with Crippen molar-refractivity contribution in [2.75, 3.05) is 6.61 Å². The number of alkyl halides is 1. The van der Waals surface area contributed by atoms with Gasteiger partial charge in [0.2, 0.25) is 0 Å². The second-order valence-corrected chi connectivity index (χ2v) is 6.18. The van der Waals surface area contributed by atoms with Crippen LogP contribution in [-0.4, -0.2) is 6.61 Å².